The number of carboxylic acids is 1. The molecule has 1 N–H and O–H groups in total. The van der Waals surface area contributed by atoms with E-state index in [4.69, 9.17) is 5.11 Å². The van der Waals surface area contributed by atoms with E-state index in [1.807, 2.05) is 31.2 Å². The fourth-order valence-corrected chi connectivity index (χ4v) is 1.64. The van der Waals surface area contributed by atoms with Crippen LogP contribution in [0, 0.1) is 6.92 Å². The molecule has 0 saturated carbocycles. The van der Waals surface area contributed by atoms with Crippen molar-refractivity contribution in [2.75, 3.05) is 0 Å². The van der Waals surface area contributed by atoms with E-state index in [1.165, 1.54) is 5.56 Å². The first kappa shape index (κ1) is 13.1. The monoisotopic (exact) mass is 260 g/mol. The molecule has 0 amide bonds. The molecule has 19 heavy (non-hydrogen) atoms. The number of hydrogen-bond donors (Lipinski definition) is 1. The smallest absolute Gasteiger partial charge is 0.378 e. The molecule has 0 aliphatic heterocycles. The number of hydrogen-bond acceptors (Lipinski definition) is 2. The molecule has 4 heteroatoms. The van der Waals surface area contributed by atoms with E-state index in [0.717, 1.165) is 11.1 Å². The second kappa shape index (κ2) is 5.52. The first-order valence-corrected chi connectivity index (χ1v) is 5.77. The minimum Gasteiger partial charge on any atom is -0.476 e. The minimum atomic E-state index is -2.34. The molecular formula is C15H13FO3. The number of aliphatic carboxylic acids is 1. The summed E-state index contributed by atoms with van der Waals surface area (Å²) in [6, 6.07) is 14.6. The molecule has 2 aromatic carbocycles. The third-order valence-electron chi connectivity index (χ3n) is 2.67. The Balaban J connectivity index is 2.14. The van der Waals surface area contributed by atoms with E-state index in [1.54, 1.807) is 24.3 Å². The SMILES string of the molecule is Cc1ccc(-c2ccc(OC(F)C(=O)O)cc2)cc1. The van der Waals surface area contributed by atoms with Gasteiger partial charge in [-0.1, -0.05) is 42.0 Å². The molecular weight excluding hydrogens is 247 g/mol. The van der Waals surface area contributed by atoms with Gasteiger partial charge in [-0.2, -0.15) is 4.39 Å². The maximum Gasteiger partial charge on any atom is 0.378 e. The molecule has 3 nitrogen and oxygen atoms in total. The molecule has 0 radical (unpaired) electrons. The Labute approximate surface area is 110 Å². The van der Waals surface area contributed by atoms with Crippen molar-refractivity contribution in [2.45, 2.75) is 13.3 Å². The predicted molar refractivity (Wildman–Crippen MR) is 69.8 cm³/mol. The Morgan fingerprint density at radius 3 is 2.00 bits per heavy atom. The highest BCUT2D eigenvalue weighted by molar-refractivity contribution is 5.71. The number of carboxylic acid groups (broad SMARTS) is 1. The lowest BCUT2D eigenvalue weighted by atomic mass is 10.0. The summed E-state index contributed by atoms with van der Waals surface area (Å²) in [4.78, 5) is 10.3. The summed E-state index contributed by atoms with van der Waals surface area (Å²) in [5.74, 6) is -1.45. The van der Waals surface area contributed by atoms with E-state index in [0.29, 0.717) is 0 Å². The van der Waals surface area contributed by atoms with E-state index < -0.39 is 12.3 Å². The van der Waals surface area contributed by atoms with Crippen molar-refractivity contribution in [3.8, 4) is 16.9 Å². The van der Waals surface area contributed by atoms with E-state index in [-0.39, 0.29) is 5.75 Å². The molecule has 2 aromatic rings. The van der Waals surface area contributed by atoms with E-state index >= 15 is 0 Å². The summed E-state index contributed by atoms with van der Waals surface area (Å²) in [5, 5.41) is 8.40. The number of alkyl halides is 1. The summed E-state index contributed by atoms with van der Waals surface area (Å²) in [7, 11) is 0. The van der Waals surface area contributed by atoms with Gasteiger partial charge in [-0.05, 0) is 30.2 Å². The van der Waals surface area contributed by atoms with E-state index in [2.05, 4.69) is 4.74 Å². The second-order valence-corrected chi connectivity index (χ2v) is 4.16. The highest BCUT2D eigenvalue weighted by atomic mass is 19.1. The maximum atomic E-state index is 12.9. The first-order valence-electron chi connectivity index (χ1n) is 5.77. The molecule has 0 bridgehead atoms. The first-order chi connectivity index (χ1) is 9.06. The highest BCUT2D eigenvalue weighted by Crippen LogP contribution is 2.23. The molecule has 2 rings (SSSR count). The average Bonchev–Trinajstić information content (AvgIpc) is 2.40. The number of benzene rings is 2. The van der Waals surface area contributed by atoms with Crippen LogP contribution in [-0.4, -0.2) is 17.4 Å². The second-order valence-electron chi connectivity index (χ2n) is 4.16. The van der Waals surface area contributed by atoms with Gasteiger partial charge >= 0.3 is 12.3 Å². The quantitative estimate of drug-likeness (QED) is 0.916. The standard InChI is InChI=1S/C15H13FO3/c1-10-2-4-11(5-3-10)12-6-8-13(9-7-12)19-14(16)15(17)18/h2-9,14H,1H3,(H,17,18). The summed E-state index contributed by atoms with van der Waals surface area (Å²) in [6.07, 6.45) is -2.34. The van der Waals surface area contributed by atoms with Crippen molar-refractivity contribution < 1.29 is 19.0 Å². The summed E-state index contributed by atoms with van der Waals surface area (Å²) < 4.78 is 17.5. The molecule has 98 valence electrons. The maximum absolute atomic E-state index is 12.9. The lowest BCUT2D eigenvalue weighted by molar-refractivity contribution is -0.153. The predicted octanol–water partition coefficient (Wildman–Crippen LogP) is 3.42. The van der Waals surface area contributed by atoms with Gasteiger partial charge in [0.15, 0.2) is 0 Å². The van der Waals surface area contributed by atoms with Gasteiger partial charge in [0, 0.05) is 0 Å². The van der Waals surface area contributed by atoms with Crippen LogP contribution in [0.2, 0.25) is 0 Å². The Morgan fingerprint density at radius 1 is 1.05 bits per heavy atom. The third kappa shape index (κ3) is 3.31. The zero-order valence-corrected chi connectivity index (χ0v) is 10.3. The van der Waals surface area contributed by atoms with Crippen LogP contribution in [0.15, 0.2) is 48.5 Å². The number of halogens is 1. The number of ether oxygens (including phenoxy) is 1. The molecule has 0 aliphatic rings. The minimum absolute atomic E-state index is 0.186. The van der Waals surface area contributed by atoms with E-state index in [9.17, 15) is 9.18 Å². The van der Waals surface area contributed by atoms with Crippen molar-refractivity contribution in [1.82, 2.24) is 0 Å². The van der Waals surface area contributed by atoms with Gasteiger partial charge < -0.3 is 9.84 Å². The van der Waals surface area contributed by atoms with Crippen LogP contribution in [0.4, 0.5) is 4.39 Å². The Kier molecular flexibility index (Phi) is 3.80. The van der Waals surface area contributed by atoms with Crippen LogP contribution in [-0.2, 0) is 4.79 Å². The largest absolute Gasteiger partial charge is 0.476 e. The molecule has 0 heterocycles. The van der Waals surface area contributed by atoms with Gasteiger partial charge in [0.05, 0.1) is 0 Å². The van der Waals surface area contributed by atoms with Gasteiger partial charge in [0.1, 0.15) is 5.75 Å². The van der Waals surface area contributed by atoms with Crippen LogP contribution in [0.1, 0.15) is 5.56 Å². The Morgan fingerprint density at radius 2 is 1.53 bits per heavy atom. The zero-order valence-electron chi connectivity index (χ0n) is 10.3. The van der Waals surface area contributed by atoms with Gasteiger partial charge in [0.2, 0.25) is 0 Å². The van der Waals surface area contributed by atoms with Crippen molar-refractivity contribution in [1.29, 1.82) is 0 Å². The molecule has 0 spiro atoms. The summed E-state index contributed by atoms with van der Waals surface area (Å²) in [6.45, 7) is 2.01. The van der Waals surface area contributed by atoms with Gasteiger partial charge in [0.25, 0.3) is 0 Å². The van der Waals surface area contributed by atoms with Gasteiger partial charge in [-0.25, -0.2) is 4.79 Å². The summed E-state index contributed by atoms with van der Waals surface area (Å²) >= 11 is 0. The van der Waals surface area contributed by atoms with Gasteiger partial charge in [-0.15, -0.1) is 0 Å². The average molecular weight is 260 g/mol. The lowest BCUT2D eigenvalue weighted by Gasteiger charge is -2.08. The molecule has 0 fully saturated rings. The molecule has 0 aliphatic carbocycles. The molecule has 1 unspecified atom stereocenters. The molecule has 1 atom stereocenters. The van der Waals surface area contributed by atoms with Gasteiger partial charge in [-0.3, -0.25) is 0 Å². The number of aryl methyl sites for hydroxylation is 1. The van der Waals surface area contributed by atoms with Crippen LogP contribution >= 0.6 is 0 Å². The van der Waals surface area contributed by atoms with Crippen LogP contribution in [0.25, 0.3) is 11.1 Å². The Hall–Kier alpha value is -2.36. The normalized spacial score (nSPS) is 11.9. The summed E-state index contributed by atoms with van der Waals surface area (Å²) in [5.41, 5.74) is 3.16. The number of rotatable bonds is 4. The highest BCUT2D eigenvalue weighted by Gasteiger charge is 2.16. The van der Waals surface area contributed by atoms with Crippen molar-refractivity contribution >= 4 is 5.97 Å². The van der Waals surface area contributed by atoms with Crippen LogP contribution in [0.3, 0.4) is 0 Å². The van der Waals surface area contributed by atoms with Crippen LogP contribution < -0.4 is 4.74 Å². The molecule has 0 aromatic heterocycles. The zero-order chi connectivity index (χ0) is 13.8. The van der Waals surface area contributed by atoms with Crippen molar-refractivity contribution in [3.05, 3.63) is 54.1 Å². The molecule has 0 saturated heterocycles. The van der Waals surface area contributed by atoms with Crippen molar-refractivity contribution in [2.24, 2.45) is 0 Å². The van der Waals surface area contributed by atoms with Crippen LogP contribution in [0.5, 0.6) is 5.75 Å². The topological polar surface area (TPSA) is 46.5 Å². The lowest BCUT2D eigenvalue weighted by Crippen LogP contribution is -2.21. The Bertz CT molecular complexity index is 561. The fourth-order valence-electron chi connectivity index (χ4n) is 1.64. The number of carbonyl (C=O) groups is 1. The fraction of sp³-hybridized carbons (Fsp3) is 0.133. The van der Waals surface area contributed by atoms with Crippen molar-refractivity contribution in [3.63, 3.8) is 0 Å². The third-order valence-corrected chi connectivity index (χ3v) is 2.67.